The maximum absolute atomic E-state index is 12.9. The normalized spacial score (nSPS) is 14.6. The van der Waals surface area contributed by atoms with Crippen molar-refractivity contribution >= 4 is 21.2 Å². The molecule has 1 aliphatic rings. The molecule has 36 heavy (non-hydrogen) atoms. The van der Waals surface area contributed by atoms with Crippen molar-refractivity contribution in [1.82, 2.24) is 14.6 Å². The first-order valence-electron chi connectivity index (χ1n) is 12.0. The Morgan fingerprint density at radius 2 is 1.89 bits per heavy atom. The van der Waals surface area contributed by atoms with E-state index in [0.717, 1.165) is 22.5 Å². The molecule has 1 saturated heterocycles. The van der Waals surface area contributed by atoms with Gasteiger partial charge in [-0.1, -0.05) is 30.3 Å². The van der Waals surface area contributed by atoms with E-state index in [0.29, 0.717) is 49.4 Å². The number of sulfone groups is 1. The molecule has 1 aromatic carbocycles. The Kier molecular flexibility index (Phi) is 6.61. The molecule has 1 fully saturated rings. The molecule has 0 radical (unpaired) electrons. The van der Waals surface area contributed by atoms with Crippen molar-refractivity contribution in [3.05, 3.63) is 78.2 Å². The van der Waals surface area contributed by atoms with Crippen LogP contribution in [0.25, 0.3) is 16.6 Å². The van der Waals surface area contributed by atoms with Gasteiger partial charge in [0.2, 0.25) is 0 Å². The lowest BCUT2D eigenvalue weighted by molar-refractivity contribution is 0.338. The van der Waals surface area contributed by atoms with Crippen molar-refractivity contribution in [2.75, 3.05) is 24.6 Å². The Labute approximate surface area is 210 Å². The van der Waals surface area contributed by atoms with Crippen molar-refractivity contribution < 1.29 is 13.2 Å². The minimum atomic E-state index is -3.21. The quantitative estimate of drug-likeness (QED) is 0.373. The minimum Gasteiger partial charge on any atom is -0.492 e. The number of fused-ring (bicyclic) bond motifs is 1. The summed E-state index contributed by atoms with van der Waals surface area (Å²) in [7, 11) is -3.21. The Morgan fingerprint density at radius 3 is 2.56 bits per heavy atom. The summed E-state index contributed by atoms with van der Waals surface area (Å²) in [6.45, 7) is 3.71. The van der Waals surface area contributed by atoms with Crippen LogP contribution in [0.4, 0.5) is 5.82 Å². The summed E-state index contributed by atoms with van der Waals surface area (Å²) in [5.41, 5.74) is 3.69. The SMILES string of the molecule is CCOc1cc(-c2ccc(N3CCC(S(=O)(=O)Cc4ccccc4)CC3)nc2)c2c(C#N)cnn2c1. The van der Waals surface area contributed by atoms with Crippen LogP contribution >= 0.6 is 0 Å². The average Bonchev–Trinajstić information content (AvgIpc) is 3.32. The molecule has 0 amide bonds. The number of aromatic nitrogens is 3. The van der Waals surface area contributed by atoms with Crippen molar-refractivity contribution in [1.29, 1.82) is 5.26 Å². The van der Waals surface area contributed by atoms with Crippen LogP contribution in [0.5, 0.6) is 5.75 Å². The summed E-state index contributed by atoms with van der Waals surface area (Å²) in [5, 5.41) is 13.5. The maximum atomic E-state index is 12.9. The lowest BCUT2D eigenvalue weighted by Crippen LogP contribution is -2.40. The molecule has 3 aromatic heterocycles. The zero-order chi connectivity index (χ0) is 25.1. The number of ether oxygens (including phenoxy) is 1. The molecule has 0 bridgehead atoms. The summed E-state index contributed by atoms with van der Waals surface area (Å²) >= 11 is 0. The summed E-state index contributed by atoms with van der Waals surface area (Å²) in [6.07, 6.45) is 6.26. The van der Waals surface area contributed by atoms with E-state index >= 15 is 0 Å². The van der Waals surface area contributed by atoms with E-state index in [1.807, 2.05) is 55.5 Å². The number of pyridine rings is 2. The van der Waals surface area contributed by atoms with Crippen molar-refractivity contribution in [3.8, 4) is 22.9 Å². The van der Waals surface area contributed by atoms with Crippen LogP contribution in [0.2, 0.25) is 0 Å². The number of piperidine rings is 1. The van der Waals surface area contributed by atoms with Crippen molar-refractivity contribution in [2.24, 2.45) is 0 Å². The molecule has 9 heteroatoms. The van der Waals surface area contributed by atoms with Gasteiger partial charge in [0.25, 0.3) is 0 Å². The Bertz CT molecular complexity index is 1500. The fourth-order valence-electron chi connectivity index (χ4n) is 4.75. The van der Waals surface area contributed by atoms with Gasteiger partial charge in [0, 0.05) is 30.4 Å². The van der Waals surface area contributed by atoms with Crippen LogP contribution in [0, 0.1) is 11.3 Å². The summed E-state index contributed by atoms with van der Waals surface area (Å²) in [5.74, 6) is 1.55. The number of hydrogen-bond acceptors (Lipinski definition) is 7. The smallest absolute Gasteiger partial charge is 0.157 e. The highest BCUT2D eigenvalue weighted by Crippen LogP contribution is 2.32. The number of hydrogen-bond donors (Lipinski definition) is 0. The lowest BCUT2D eigenvalue weighted by Gasteiger charge is -2.32. The first-order chi connectivity index (χ1) is 17.5. The second kappa shape index (κ2) is 9.99. The molecule has 0 atom stereocenters. The third kappa shape index (κ3) is 4.77. The van der Waals surface area contributed by atoms with Crippen LogP contribution in [0.1, 0.15) is 30.9 Å². The van der Waals surface area contributed by atoms with E-state index < -0.39 is 9.84 Å². The standard InChI is InChI=1S/C27H27N5O3S/c1-2-35-23-14-25(27-22(15-28)17-30-32(27)18-23)21-8-9-26(29-16-21)31-12-10-24(11-13-31)36(33,34)19-20-6-4-3-5-7-20/h3-9,14,16-18,24H,2,10-13,19H2,1H3. The van der Waals surface area contributed by atoms with Gasteiger partial charge in [0.15, 0.2) is 9.84 Å². The van der Waals surface area contributed by atoms with E-state index in [9.17, 15) is 13.7 Å². The summed E-state index contributed by atoms with van der Waals surface area (Å²) < 4.78 is 33.2. The molecule has 184 valence electrons. The Hall–Kier alpha value is -3.90. The monoisotopic (exact) mass is 501 g/mol. The van der Waals surface area contributed by atoms with Crippen molar-refractivity contribution in [3.63, 3.8) is 0 Å². The Balaban J connectivity index is 1.32. The third-order valence-electron chi connectivity index (χ3n) is 6.56. The highest BCUT2D eigenvalue weighted by molar-refractivity contribution is 7.91. The molecule has 0 unspecified atom stereocenters. The molecule has 5 rings (SSSR count). The van der Waals surface area contributed by atoms with Gasteiger partial charge in [0.1, 0.15) is 17.6 Å². The molecule has 4 aromatic rings. The maximum Gasteiger partial charge on any atom is 0.157 e. The van der Waals surface area contributed by atoms with E-state index in [2.05, 4.69) is 21.1 Å². The van der Waals surface area contributed by atoms with Gasteiger partial charge in [-0.05, 0) is 43.5 Å². The predicted molar refractivity (Wildman–Crippen MR) is 139 cm³/mol. The molecule has 4 heterocycles. The lowest BCUT2D eigenvalue weighted by atomic mass is 10.0. The van der Waals surface area contributed by atoms with Crippen LogP contribution in [0.3, 0.4) is 0 Å². The highest BCUT2D eigenvalue weighted by Gasteiger charge is 2.30. The molecule has 0 spiro atoms. The number of nitrogens with zero attached hydrogens (tertiary/aromatic N) is 5. The number of benzene rings is 1. The van der Waals surface area contributed by atoms with E-state index in [1.165, 1.54) is 0 Å². The fraction of sp³-hybridized carbons (Fsp3) is 0.296. The van der Waals surface area contributed by atoms with E-state index in [4.69, 9.17) is 4.74 Å². The summed E-state index contributed by atoms with van der Waals surface area (Å²) in [4.78, 5) is 6.81. The van der Waals surface area contributed by atoms with Gasteiger partial charge in [-0.3, -0.25) is 0 Å². The fourth-order valence-corrected chi connectivity index (χ4v) is 6.57. The predicted octanol–water partition coefficient (Wildman–Crippen LogP) is 4.25. The second-order valence-electron chi connectivity index (χ2n) is 8.87. The third-order valence-corrected chi connectivity index (χ3v) is 8.78. The van der Waals surface area contributed by atoms with Crippen molar-refractivity contribution in [2.45, 2.75) is 30.8 Å². The van der Waals surface area contributed by atoms with E-state index in [1.54, 1.807) is 23.1 Å². The molecule has 1 aliphatic heterocycles. The van der Waals surface area contributed by atoms with Crippen LogP contribution in [-0.2, 0) is 15.6 Å². The number of nitriles is 1. The number of anilines is 1. The van der Waals surface area contributed by atoms with Gasteiger partial charge in [0.05, 0.1) is 41.1 Å². The molecule has 0 saturated carbocycles. The average molecular weight is 502 g/mol. The Morgan fingerprint density at radius 1 is 1.11 bits per heavy atom. The molecule has 0 N–H and O–H groups in total. The molecule has 8 nitrogen and oxygen atoms in total. The minimum absolute atomic E-state index is 0.0833. The topological polar surface area (TPSA) is 101 Å². The zero-order valence-corrected chi connectivity index (χ0v) is 20.9. The molecule has 0 aliphatic carbocycles. The van der Waals surface area contributed by atoms with Gasteiger partial charge in [-0.25, -0.2) is 17.9 Å². The van der Waals surface area contributed by atoms with Crippen LogP contribution in [0.15, 0.2) is 67.1 Å². The zero-order valence-electron chi connectivity index (χ0n) is 20.0. The van der Waals surface area contributed by atoms with E-state index in [-0.39, 0.29) is 11.0 Å². The molecular weight excluding hydrogens is 474 g/mol. The van der Waals surface area contributed by atoms with Gasteiger partial charge in [-0.2, -0.15) is 10.4 Å². The van der Waals surface area contributed by atoms with Gasteiger partial charge < -0.3 is 9.64 Å². The first kappa shape index (κ1) is 23.8. The number of rotatable bonds is 7. The second-order valence-corrected chi connectivity index (χ2v) is 11.2. The van der Waals surface area contributed by atoms with Crippen LogP contribution in [-0.4, -0.2) is 48.0 Å². The summed E-state index contributed by atoms with van der Waals surface area (Å²) in [6, 6.07) is 17.4. The van der Waals surface area contributed by atoms with Gasteiger partial charge in [-0.15, -0.1) is 0 Å². The molecular formula is C27H27N5O3S. The van der Waals surface area contributed by atoms with Crippen LogP contribution < -0.4 is 9.64 Å². The van der Waals surface area contributed by atoms with Gasteiger partial charge >= 0.3 is 0 Å². The first-order valence-corrected chi connectivity index (χ1v) is 13.7. The largest absolute Gasteiger partial charge is 0.492 e. The highest BCUT2D eigenvalue weighted by atomic mass is 32.2.